The van der Waals surface area contributed by atoms with Crippen LogP contribution >= 0.6 is 0 Å². The van der Waals surface area contributed by atoms with Gasteiger partial charge in [-0.1, -0.05) is 65.8 Å². The van der Waals surface area contributed by atoms with E-state index in [1.54, 1.807) is 11.0 Å². The maximum atomic E-state index is 12.9. The minimum Gasteiger partial charge on any atom is -0.351 e. The Balaban J connectivity index is 1.42. The van der Waals surface area contributed by atoms with Crippen LogP contribution in [0.5, 0.6) is 0 Å². The number of hydrogen-bond acceptors (Lipinski definition) is 4. The molecule has 0 radical (unpaired) electrons. The van der Waals surface area contributed by atoms with E-state index >= 15 is 0 Å². The van der Waals surface area contributed by atoms with Crippen LogP contribution in [0.25, 0.3) is 0 Å². The van der Waals surface area contributed by atoms with Gasteiger partial charge in [0.25, 0.3) is 5.91 Å². The smallest absolute Gasteiger partial charge is 0.292 e. The summed E-state index contributed by atoms with van der Waals surface area (Å²) in [5.41, 5.74) is 2.54. The first kappa shape index (κ1) is 18.2. The van der Waals surface area contributed by atoms with E-state index in [9.17, 15) is 9.59 Å². The molecule has 1 aromatic heterocycles. The second kappa shape index (κ2) is 8.21. The number of benzene rings is 2. The third kappa shape index (κ3) is 4.03. The van der Waals surface area contributed by atoms with Crippen molar-refractivity contribution in [2.45, 2.75) is 19.3 Å². The van der Waals surface area contributed by atoms with Crippen molar-refractivity contribution in [3.8, 4) is 0 Å². The number of nitrogens with zero attached hydrogens (tertiary/aromatic N) is 2. The van der Waals surface area contributed by atoms with Crippen molar-refractivity contribution >= 4 is 11.7 Å². The van der Waals surface area contributed by atoms with Crippen molar-refractivity contribution in [3.05, 3.63) is 89.3 Å². The Bertz CT molecular complexity index is 950. The standard InChI is InChI=1S/C23H22N2O3/c26-22(18-10-5-2-6-11-18)19-12-7-13-25(16-19)23(27)21-15-20(24-28-21)14-17-8-3-1-4-9-17/h1-6,8-11,15,19H,7,12-14,16H2. The molecule has 1 saturated heterocycles. The molecule has 1 aliphatic heterocycles. The minimum atomic E-state index is -0.197. The lowest BCUT2D eigenvalue weighted by Gasteiger charge is -2.31. The van der Waals surface area contributed by atoms with Crippen LogP contribution < -0.4 is 0 Å². The molecule has 28 heavy (non-hydrogen) atoms. The number of ketones is 1. The van der Waals surface area contributed by atoms with Gasteiger partial charge in [0, 0.05) is 37.1 Å². The summed E-state index contributed by atoms with van der Waals surface area (Å²) < 4.78 is 5.31. The van der Waals surface area contributed by atoms with Crippen molar-refractivity contribution in [3.63, 3.8) is 0 Å². The van der Waals surface area contributed by atoms with Crippen molar-refractivity contribution < 1.29 is 14.1 Å². The molecule has 1 atom stereocenters. The van der Waals surface area contributed by atoms with Crippen LogP contribution in [-0.4, -0.2) is 34.8 Å². The summed E-state index contributed by atoms with van der Waals surface area (Å²) in [5.74, 6) is -0.0386. The van der Waals surface area contributed by atoms with Gasteiger partial charge in [0.05, 0.1) is 5.69 Å². The number of carbonyl (C=O) groups is 2. The summed E-state index contributed by atoms with van der Waals surface area (Å²) in [6.07, 6.45) is 2.22. The lowest BCUT2D eigenvalue weighted by Crippen LogP contribution is -2.42. The lowest BCUT2D eigenvalue weighted by atomic mass is 9.90. The Hall–Kier alpha value is -3.21. The highest BCUT2D eigenvalue weighted by atomic mass is 16.5. The van der Waals surface area contributed by atoms with E-state index in [4.69, 9.17) is 4.52 Å². The van der Waals surface area contributed by atoms with E-state index in [1.807, 2.05) is 60.7 Å². The lowest BCUT2D eigenvalue weighted by molar-refractivity contribution is 0.0602. The second-order valence-electron chi connectivity index (χ2n) is 7.17. The number of hydrogen-bond donors (Lipinski definition) is 0. The van der Waals surface area contributed by atoms with E-state index in [0.717, 1.165) is 24.1 Å². The summed E-state index contributed by atoms with van der Waals surface area (Å²) in [6, 6.07) is 20.9. The number of amides is 1. The van der Waals surface area contributed by atoms with Gasteiger partial charge < -0.3 is 9.42 Å². The molecule has 0 bridgehead atoms. The summed E-state index contributed by atoms with van der Waals surface area (Å²) in [6.45, 7) is 1.05. The molecule has 0 spiro atoms. The zero-order valence-corrected chi connectivity index (χ0v) is 15.6. The van der Waals surface area contributed by atoms with Gasteiger partial charge in [0.2, 0.25) is 5.76 Å². The van der Waals surface area contributed by atoms with Crippen molar-refractivity contribution in [2.75, 3.05) is 13.1 Å². The highest BCUT2D eigenvalue weighted by Crippen LogP contribution is 2.23. The Morgan fingerprint density at radius 2 is 1.75 bits per heavy atom. The van der Waals surface area contributed by atoms with Crippen molar-refractivity contribution in [1.82, 2.24) is 10.1 Å². The van der Waals surface area contributed by atoms with Crippen LogP contribution in [0.1, 0.15) is 45.0 Å². The summed E-state index contributed by atoms with van der Waals surface area (Å²) in [7, 11) is 0. The molecule has 5 heteroatoms. The van der Waals surface area contributed by atoms with E-state index < -0.39 is 0 Å². The predicted octanol–water partition coefficient (Wildman–Crippen LogP) is 4.00. The highest BCUT2D eigenvalue weighted by Gasteiger charge is 2.30. The van der Waals surface area contributed by atoms with Crippen LogP contribution in [0.2, 0.25) is 0 Å². The van der Waals surface area contributed by atoms with Crippen LogP contribution in [0.4, 0.5) is 0 Å². The number of piperidine rings is 1. The molecule has 2 aromatic carbocycles. The predicted molar refractivity (Wildman–Crippen MR) is 105 cm³/mol. The van der Waals surface area contributed by atoms with Crippen LogP contribution in [0.3, 0.4) is 0 Å². The summed E-state index contributed by atoms with van der Waals surface area (Å²) in [5, 5.41) is 4.04. The first-order chi connectivity index (χ1) is 13.7. The normalized spacial score (nSPS) is 16.7. The Labute approximate surface area is 164 Å². The fourth-order valence-electron chi connectivity index (χ4n) is 3.67. The zero-order valence-electron chi connectivity index (χ0n) is 15.6. The van der Waals surface area contributed by atoms with Crippen LogP contribution in [0.15, 0.2) is 71.3 Å². The van der Waals surface area contributed by atoms with Gasteiger partial charge in [-0.2, -0.15) is 0 Å². The molecule has 1 amide bonds. The maximum absolute atomic E-state index is 12.9. The molecule has 4 rings (SSSR count). The number of aromatic nitrogens is 1. The molecule has 0 aliphatic carbocycles. The SMILES string of the molecule is O=C(c1ccccc1)C1CCCN(C(=O)c2cc(Cc3ccccc3)no2)C1. The molecule has 1 aliphatic rings. The number of rotatable bonds is 5. The third-order valence-corrected chi connectivity index (χ3v) is 5.14. The quantitative estimate of drug-likeness (QED) is 0.633. The van der Waals surface area contributed by atoms with E-state index in [2.05, 4.69) is 5.16 Å². The van der Waals surface area contributed by atoms with Crippen LogP contribution in [-0.2, 0) is 6.42 Å². The number of likely N-dealkylation sites (tertiary alicyclic amines) is 1. The highest BCUT2D eigenvalue weighted by molar-refractivity contribution is 5.99. The Kier molecular flexibility index (Phi) is 5.33. The van der Waals surface area contributed by atoms with Gasteiger partial charge >= 0.3 is 0 Å². The molecule has 2 heterocycles. The summed E-state index contributed by atoms with van der Waals surface area (Å²) in [4.78, 5) is 27.3. The first-order valence-corrected chi connectivity index (χ1v) is 9.59. The molecule has 0 saturated carbocycles. The molecule has 5 nitrogen and oxygen atoms in total. The van der Waals surface area contributed by atoms with Gasteiger partial charge in [0.15, 0.2) is 5.78 Å². The molecule has 1 fully saturated rings. The summed E-state index contributed by atoms with van der Waals surface area (Å²) >= 11 is 0. The van der Waals surface area contributed by atoms with E-state index in [0.29, 0.717) is 25.1 Å². The van der Waals surface area contributed by atoms with Crippen molar-refractivity contribution in [2.24, 2.45) is 5.92 Å². The van der Waals surface area contributed by atoms with Crippen molar-refractivity contribution in [1.29, 1.82) is 0 Å². The van der Waals surface area contributed by atoms with Gasteiger partial charge in [-0.15, -0.1) is 0 Å². The Morgan fingerprint density at radius 1 is 1.04 bits per heavy atom. The third-order valence-electron chi connectivity index (χ3n) is 5.14. The minimum absolute atomic E-state index is 0.0976. The Morgan fingerprint density at radius 3 is 2.50 bits per heavy atom. The molecule has 142 valence electrons. The number of carbonyl (C=O) groups excluding carboxylic acids is 2. The number of Topliss-reactive ketones (excluding diaryl/α,β-unsaturated/α-hetero) is 1. The first-order valence-electron chi connectivity index (χ1n) is 9.59. The van der Waals surface area contributed by atoms with Crippen LogP contribution in [0, 0.1) is 5.92 Å². The largest absolute Gasteiger partial charge is 0.351 e. The maximum Gasteiger partial charge on any atom is 0.292 e. The van der Waals surface area contributed by atoms with Gasteiger partial charge in [0.1, 0.15) is 0 Å². The van der Waals surface area contributed by atoms with E-state index in [1.165, 1.54) is 0 Å². The molecule has 0 N–H and O–H groups in total. The zero-order chi connectivity index (χ0) is 19.3. The fourth-order valence-corrected chi connectivity index (χ4v) is 3.67. The average Bonchev–Trinajstić information content (AvgIpc) is 3.22. The monoisotopic (exact) mass is 374 g/mol. The molecular formula is C23H22N2O3. The molecular weight excluding hydrogens is 352 g/mol. The molecule has 1 unspecified atom stereocenters. The van der Waals surface area contributed by atoms with Gasteiger partial charge in [-0.3, -0.25) is 9.59 Å². The fraction of sp³-hybridized carbons (Fsp3) is 0.261. The average molecular weight is 374 g/mol. The van der Waals surface area contributed by atoms with E-state index in [-0.39, 0.29) is 23.4 Å². The van der Waals surface area contributed by atoms with Gasteiger partial charge in [-0.05, 0) is 18.4 Å². The second-order valence-corrected chi connectivity index (χ2v) is 7.17. The topological polar surface area (TPSA) is 63.4 Å². The molecule has 3 aromatic rings. The van der Waals surface area contributed by atoms with Gasteiger partial charge in [-0.25, -0.2) is 0 Å².